The van der Waals surface area contributed by atoms with E-state index >= 15 is 0 Å². The molecule has 130 valence electrons. The molecule has 0 unspecified atom stereocenters. The second-order valence-corrected chi connectivity index (χ2v) is 4.96. The number of carbonyl (C=O) groups is 1. The minimum atomic E-state index is -4.77. The molecule has 25 heavy (non-hydrogen) atoms. The monoisotopic (exact) mass is 350 g/mol. The van der Waals surface area contributed by atoms with Gasteiger partial charge in [0.25, 0.3) is 5.91 Å². The van der Waals surface area contributed by atoms with Crippen molar-refractivity contribution in [1.29, 1.82) is 5.26 Å². The van der Waals surface area contributed by atoms with Gasteiger partial charge >= 0.3 is 6.36 Å². The van der Waals surface area contributed by atoms with E-state index in [1.807, 2.05) is 6.07 Å². The first-order valence-corrected chi connectivity index (χ1v) is 7.10. The Balaban J connectivity index is 1.93. The number of halogens is 3. The fourth-order valence-electron chi connectivity index (χ4n) is 1.85. The van der Waals surface area contributed by atoms with Crippen molar-refractivity contribution in [2.24, 2.45) is 0 Å². The van der Waals surface area contributed by atoms with Gasteiger partial charge in [0.05, 0.1) is 11.6 Å². The van der Waals surface area contributed by atoms with Crippen molar-refractivity contribution in [3.8, 4) is 17.6 Å². The number of nitrogens with zero attached hydrogens (tertiary/aromatic N) is 1. The molecule has 0 spiro atoms. The van der Waals surface area contributed by atoms with Crippen molar-refractivity contribution in [2.45, 2.75) is 19.4 Å². The lowest BCUT2D eigenvalue weighted by Gasteiger charge is -2.15. The first-order valence-electron chi connectivity index (χ1n) is 7.10. The molecule has 0 saturated heterocycles. The molecule has 2 rings (SSSR count). The number of amides is 1. The molecule has 0 aliphatic heterocycles. The minimum Gasteiger partial charge on any atom is -0.481 e. The van der Waals surface area contributed by atoms with E-state index in [0.29, 0.717) is 17.0 Å². The molecule has 8 heteroatoms. The molecule has 0 aliphatic carbocycles. The molecular formula is C17H13F3N2O3. The predicted molar refractivity (Wildman–Crippen MR) is 83.0 cm³/mol. The molecule has 0 aromatic heterocycles. The zero-order valence-corrected chi connectivity index (χ0v) is 13.0. The SMILES string of the molecule is C[C@H](Oc1ccc(C#N)cc1)C(=O)Nc1ccc(OC(F)(F)F)cc1. The van der Waals surface area contributed by atoms with Crippen LogP contribution in [0.4, 0.5) is 18.9 Å². The number of anilines is 1. The van der Waals surface area contributed by atoms with Crippen molar-refractivity contribution >= 4 is 11.6 Å². The highest BCUT2D eigenvalue weighted by atomic mass is 19.4. The van der Waals surface area contributed by atoms with Gasteiger partial charge in [-0.15, -0.1) is 13.2 Å². The number of alkyl halides is 3. The molecule has 0 fully saturated rings. The molecule has 1 amide bonds. The van der Waals surface area contributed by atoms with Gasteiger partial charge in [0.15, 0.2) is 6.10 Å². The van der Waals surface area contributed by atoms with E-state index < -0.39 is 18.4 Å². The summed E-state index contributed by atoms with van der Waals surface area (Å²) in [6.07, 6.45) is -5.62. The van der Waals surface area contributed by atoms with Gasteiger partial charge in [-0.05, 0) is 55.5 Å². The molecular weight excluding hydrogens is 337 g/mol. The number of carbonyl (C=O) groups excluding carboxylic acids is 1. The number of hydrogen-bond acceptors (Lipinski definition) is 4. The molecule has 0 aliphatic rings. The number of nitriles is 1. The number of hydrogen-bond donors (Lipinski definition) is 1. The number of ether oxygens (including phenoxy) is 2. The van der Waals surface area contributed by atoms with Crippen molar-refractivity contribution in [2.75, 3.05) is 5.32 Å². The summed E-state index contributed by atoms with van der Waals surface area (Å²) in [6, 6.07) is 13.0. The highest BCUT2D eigenvalue weighted by Crippen LogP contribution is 2.24. The lowest BCUT2D eigenvalue weighted by molar-refractivity contribution is -0.274. The van der Waals surface area contributed by atoms with Crippen molar-refractivity contribution < 1.29 is 27.4 Å². The van der Waals surface area contributed by atoms with Crippen molar-refractivity contribution in [3.63, 3.8) is 0 Å². The maximum absolute atomic E-state index is 12.1. The Labute approximate surface area is 141 Å². The van der Waals surface area contributed by atoms with Gasteiger partial charge in [-0.2, -0.15) is 5.26 Å². The second kappa shape index (κ2) is 7.57. The number of rotatable bonds is 5. The Morgan fingerprint density at radius 1 is 1.08 bits per heavy atom. The van der Waals surface area contributed by atoms with Crippen LogP contribution in [0, 0.1) is 11.3 Å². The average molecular weight is 350 g/mol. The lowest BCUT2D eigenvalue weighted by atomic mass is 10.2. The van der Waals surface area contributed by atoms with E-state index in [4.69, 9.17) is 10.00 Å². The minimum absolute atomic E-state index is 0.301. The maximum Gasteiger partial charge on any atom is 0.573 e. The van der Waals surface area contributed by atoms with E-state index in [2.05, 4.69) is 10.1 Å². The van der Waals surface area contributed by atoms with E-state index in [1.54, 1.807) is 24.3 Å². The first kappa shape index (κ1) is 18.1. The van der Waals surface area contributed by atoms with Gasteiger partial charge in [0, 0.05) is 5.69 Å². The van der Waals surface area contributed by atoms with Gasteiger partial charge in [-0.3, -0.25) is 4.79 Å². The summed E-state index contributed by atoms with van der Waals surface area (Å²) in [5, 5.41) is 11.2. The molecule has 0 heterocycles. The average Bonchev–Trinajstić information content (AvgIpc) is 2.56. The van der Waals surface area contributed by atoms with Crippen LogP contribution in [0.25, 0.3) is 0 Å². The van der Waals surface area contributed by atoms with Crippen LogP contribution in [0.3, 0.4) is 0 Å². The molecule has 0 radical (unpaired) electrons. The van der Waals surface area contributed by atoms with Crippen LogP contribution in [0.2, 0.25) is 0 Å². The molecule has 0 bridgehead atoms. The molecule has 2 aromatic rings. The molecule has 0 saturated carbocycles. The molecule has 2 aromatic carbocycles. The smallest absolute Gasteiger partial charge is 0.481 e. The maximum atomic E-state index is 12.1. The fraction of sp³-hybridized carbons (Fsp3) is 0.176. The van der Waals surface area contributed by atoms with Gasteiger partial charge in [0.1, 0.15) is 11.5 Å². The van der Waals surface area contributed by atoms with Crippen LogP contribution in [0.15, 0.2) is 48.5 Å². The van der Waals surface area contributed by atoms with E-state index in [0.717, 1.165) is 12.1 Å². The van der Waals surface area contributed by atoms with Gasteiger partial charge in [-0.25, -0.2) is 0 Å². The summed E-state index contributed by atoms with van der Waals surface area (Å²) in [5.74, 6) is -0.447. The molecule has 5 nitrogen and oxygen atoms in total. The third-order valence-corrected chi connectivity index (χ3v) is 3.02. The van der Waals surface area contributed by atoms with Crippen LogP contribution in [0.5, 0.6) is 11.5 Å². The highest BCUT2D eigenvalue weighted by Gasteiger charge is 2.31. The summed E-state index contributed by atoms with van der Waals surface area (Å²) < 4.78 is 45.4. The van der Waals surface area contributed by atoms with Gasteiger partial charge in [0.2, 0.25) is 0 Å². The number of nitrogens with one attached hydrogen (secondary N) is 1. The topological polar surface area (TPSA) is 71.3 Å². The lowest BCUT2D eigenvalue weighted by Crippen LogP contribution is -2.30. The predicted octanol–water partition coefficient (Wildman–Crippen LogP) is 3.86. The Morgan fingerprint density at radius 3 is 2.16 bits per heavy atom. The Hall–Kier alpha value is -3.21. The van der Waals surface area contributed by atoms with Crippen molar-refractivity contribution in [1.82, 2.24) is 0 Å². The normalized spacial score (nSPS) is 12.0. The largest absolute Gasteiger partial charge is 0.573 e. The highest BCUT2D eigenvalue weighted by molar-refractivity contribution is 5.94. The summed E-state index contributed by atoms with van der Waals surface area (Å²) in [5.41, 5.74) is 0.764. The fourth-order valence-corrected chi connectivity index (χ4v) is 1.85. The second-order valence-electron chi connectivity index (χ2n) is 4.96. The number of benzene rings is 2. The van der Waals surface area contributed by atoms with Gasteiger partial charge < -0.3 is 14.8 Å². The zero-order valence-electron chi connectivity index (χ0n) is 13.0. The molecule has 1 N–H and O–H groups in total. The summed E-state index contributed by atoms with van der Waals surface area (Å²) in [4.78, 5) is 12.1. The van der Waals surface area contributed by atoms with E-state index in [1.165, 1.54) is 19.1 Å². The Bertz CT molecular complexity index is 766. The van der Waals surface area contributed by atoms with E-state index in [-0.39, 0.29) is 5.75 Å². The van der Waals surface area contributed by atoms with Gasteiger partial charge in [-0.1, -0.05) is 0 Å². The zero-order chi connectivity index (χ0) is 18.4. The molecule has 1 atom stereocenters. The summed E-state index contributed by atoms with van der Waals surface area (Å²) >= 11 is 0. The summed E-state index contributed by atoms with van der Waals surface area (Å²) in [7, 11) is 0. The van der Waals surface area contributed by atoms with Crippen LogP contribution >= 0.6 is 0 Å². The third kappa shape index (κ3) is 5.73. The third-order valence-electron chi connectivity index (χ3n) is 3.02. The Morgan fingerprint density at radius 2 is 1.64 bits per heavy atom. The Kier molecular flexibility index (Phi) is 5.49. The van der Waals surface area contributed by atoms with E-state index in [9.17, 15) is 18.0 Å². The van der Waals surface area contributed by atoms with Crippen LogP contribution in [0.1, 0.15) is 12.5 Å². The van der Waals surface area contributed by atoms with Crippen LogP contribution < -0.4 is 14.8 Å². The summed E-state index contributed by atoms with van der Waals surface area (Å²) in [6.45, 7) is 1.52. The first-order chi connectivity index (χ1) is 11.8. The van der Waals surface area contributed by atoms with Crippen LogP contribution in [-0.4, -0.2) is 18.4 Å². The quantitative estimate of drug-likeness (QED) is 0.889. The van der Waals surface area contributed by atoms with Crippen molar-refractivity contribution in [3.05, 3.63) is 54.1 Å². The van der Waals surface area contributed by atoms with Crippen LogP contribution in [-0.2, 0) is 4.79 Å². The standard InChI is InChI=1S/C17H13F3N2O3/c1-11(24-14-6-2-12(10-21)3-7-14)16(23)22-13-4-8-15(9-5-13)25-17(18,19)20/h2-9,11H,1H3,(H,22,23)/t11-/m0/s1.